The van der Waals surface area contributed by atoms with Crippen LogP contribution >= 0.6 is 0 Å². The number of carboxylic acid groups (broad SMARTS) is 1. The maximum Gasteiger partial charge on any atom is 0.307 e. The highest BCUT2D eigenvalue weighted by Crippen LogP contribution is 2.38. The number of rotatable bonds is 2. The van der Waals surface area contributed by atoms with Gasteiger partial charge in [-0.05, 0) is 50.3 Å². The number of benzene rings is 1. The zero-order valence-corrected chi connectivity index (χ0v) is 11.4. The van der Waals surface area contributed by atoms with E-state index in [4.69, 9.17) is 0 Å². The molecule has 1 aliphatic heterocycles. The van der Waals surface area contributed by atoms with Crippen LogP contribution in [0.25, 0.3) is 0 Å². The van der Waals surface area contributed by atoms with Crippen molar-refractivity contribution in [1.82, 2.24) is 4.90 Å². The Morgan fingerprint density at radius 2 is 2.21 bits per heavy atom. The van der Waals surface area contributed by atoms with Gasteiger partial charge in [0.15, 0.2) is 0 Å². The van der Waals surface area contributed by atoms with Crippen molar-refractivity contribution in [3.8, 4) is 0 Å². The normalized spacial score (nSPS) is 27.2. The summed E-state index contributed by atoms with van der Waals surface area (Å²) in [5.41, 5.74) is 4.19. The van der Waals surface area contributed by atoms with Crippen molar-refractivity contribution >= 4 is 5.97 Å². The first-order chi connectivity index (χ1) is 9.15. The second kappa shape index (κ2) is 4.97. The standard InChI is InChI=1S/C16H21NO2/c1-11-4-5-12-6-7-15(14(12)9-11)17-8-2-3-13(10-17)16(18)19/h4-5,9,13,15H,2-3,6-8,10H2,1H3,(H,18,19). The number of nitrogens with zero attached hydrogens (tertiary/aromatic N) is 1. The van der Waals surface area contributed by atoms with Crippen molar-refractivity contribution in [3.63, 3.8) is 0 Å². The maximum atomic E-state index is 11.2. The first-order valence-corrected chi connectivity index (χ1v) is 7.21. The molecule has 0 aromatic heterocycles. The number of aliphatic carboxylic acids is 1. The van der Waals surface area contributed by atoms with Gasteiger partial charge in [0.05, 0.1) is 5.92 Å². The summed E-state index contributed by atoms with van der Waals surface area (Å²) in [6.45, 7) is 3.89. The fraction of sp³-hybridized carbons (Fsp3) is 0.562. The second-order valence-electron chi connectivity index (χ2n) is 5.93. The number of hydrogen-bond acceptors (Lipinski definition) is 2. The third kappa shape index (κ3) is 2.39. The van der Waals surface area contributed by atoms with E-state index in [0.717, 1.165) is 32.2 Å². The number of aryl methyl sites for hydroxylation is 2. The van der Waals surface area contributed by atoms with E-state index in [-0.39, 0.29) is 5.92 Å². The average molecular weight is 259 g/mol. The van der Waals surface area contributed by atoms with E-state index in [1.165, 1.54) is 16.7 Å². The number of fused-ring (bicyclic) bond motifs is 1. The van der Waals surface area contributed by atoms with Gasteiger partial charge in [0.1, 0.15) is 0 Å². The summed E-state index contributed by atoms with van der Waals surface area (Å²) < 4.78 is 0. The van der Waals surface area contributed by atoms with Crippen molar-refractivity contribution in [2.75, 3.05) is 13.1 Å². The zero-order chi connectivity index (χ0) is 13.4. The van der Waals surface area contributed by atoms with Crippen molar-refractivity contribution in [3.05, 3.63) is 34.9 Å². The molecule has 1 aromatic carbocycles. The molecule has 1 fully saturated rings. The van der Waals surface area contributed by atoms with Gasteiger partial charge in [-0.1, -0.05) is 23.8 Å². The first-order valence-electron chi connectivity index (χ1n) is 7.21. The van der Waals surface area contributed by atoms with E-state index in [2.05, 4.69) is 30.0 Å². The summed E-state index contributed by atoms with van der Waals surface area (Å²) >= 11 is 0. The maximum absolute atomic E-state index is 11.2. The monoisotopic (exact) mass is 259 g/mol. The van der Waals surface area contributed by atoms with Crippen molar-refractivity contribution in [2.45, 2.75) is 38.6 Å². The molecule has 0 bridgehead atoms. The van der Waals surface area contributed by atoms with E-state index >= 15 is 0 Å². The molecule has 3 nitrogen and oxygen atoms in total. The molecule has 2 unspecified atom stereocenters. The van der Waals surface area contributed by atoms with Crippen LogP contribution in [0, 0.1) is 12.8 Å². The summed E-state index contributed by atoms with van der Waals surface area (Å²) in [6, 6.07) is 7.15. The van der Waals surface area contributed by atoms with Gasteiger partial charge in [-0.15, -0.1) is 0 Å². The van der Waals surface area contributed by atoms with Crippen LogP contribution in [0.5, 0.6) is 0 Å². The predicted octanol–water partition coefficient (Wildman–Crippen LogP) is 2.78. The number of piperidine rings is 1. The molecule has 2 aliphatic rings. The zero-order valence-electron chi connectivity index (χ0n) is 11.4. The summed E-state index contributed by atoms with van der Waals surface area (Å²) in [5.74, 6) is -0.810. The lowest BCUT2D eigenvalue weighted by molar-refractivity contribution is -0.144. The number of carbonyl (C=O) groups is 1. The van der Waals surface area contributed by atoms with Gasteiger partial charge in [0, 0.05) is 12.6 Å². The van der Waals surface area contributed by atoms with Gasteiger partial charge in [-0.25, -0.2) is 0 Å². The molecule has 0 spiro atoms. The quantitative estimate of drug-likeness (QED) is 0.888. The molecule has 0 radical (unpaired) electrons. The highest BCUT2D eigenvalue weighted by Gasteiger charge is 2.33. The molecule has 1 saturated heterocycles. The molecule has 1 N–H and O–H groups in total. The van der Waals surface area contributed by atoms with Gasteiger partial charge in [0.25, 0.3) is 0 Å². The van der Waals surface area contributed by atoms with Crippen LogP contribution in [-0.2, 0) is 11.2 Å². The van der Waals surface area contributed by atoms with Crippen LogP contribution in [0.2, 0.25) is 0 Å². The minimum Gasteiger partial charge on any atom is -0.481 e. The predicted molar refractivity (Wildman–Crippen MR) is 74.2 cm³/mol. The van der Waals surface area contributed by atoms with Gasteiger partial charge < -0.3 is 5.11 Å². The SMILES string of the molecule is Cc1ccc2c(c1)C(N1CCCC(C(=O)O)C1)CC2. The molecule has 1 aromatic rings. The molecule has 0 saturated carbocycles. The van der Waals surface area contributed by atoms with Crippen molar-refractivity contribution in [1.29, 1.82) is 0 Å². The Bertz CT molecular complexity index is 498. The van der Waals surface area contributed by atoms with Crippen LogP contribution in [0.4, 0.5) is 0 Å². The Hall–Kier alpha value is -1.35. The van der Waals surface area contributed by atoms with Crippen LogP contribution in [0.1, 0.15) is 42.0 Å². The summed E-state index contributed by atoms with van der Waals surface area (Å²) in [7, 11) is 0. The van der Waals surface area contributed by atoms with Crippen molar-refractivity contribution < 1.29 is 9.90 Å². The molecule has 19 heavy (non-hydrogen) atoms. The number of carboxylic acids is 1. The Balaban J connectivity index is 1.81. The van der Waals surface area contributed by atoms with E-state index in [0.29, 0.717) is 12.6 Å². The van der Waals surface area contributed by atoms with Crippen LogP contribution in [-0.4, -0.2) is 29.1 Å². The van der Waals surface area contributed by atoms with Crippen molar-refractivity contribution in [2.24, 2.45) is 5.92 Å². The van der Waals surface area contributed by atoms with Crippen LogP contribution in [0.15, 0.2) is 18.2 Å². The Kier molecular flexibility index (Phi) is 3.31. The molecule has 1 heterocycles. The third-order valence-electron chi connectivity index (χ3n) is 4.59. The summed E-state index contributed by atoms with van der Waals surface area (Å²) in [6.07, 6.45) is 4.12. The number of likely N-dealkylation sites (tertiary alicyclic amines) is 1. The molecule has 102 valence electrons. The fourth-order valence-electron chi connectivity index (χ4n) is 3.57. The highest BCUT2D eigenvalue weighted by molar-refractivity contribution is 5.70. The fourth-order valence-corrected chi connectivity index (χ4v) is 3.57. The van der Waals surface area contributed by atoms with Crippen LogP contribution < -0.4 is 0 Å². The average Bonchev–Trinajstić information content (AvgIpc) is 2.81. The lowest BCUT2D eigenvalue weighted by Crippen LogP contribution is -2.40. The topological polar surface area (TPSA) is 40.5 Å². The molecule has 2 atom stereocenters. The smallest absolute Gasteiger partial charge is 0.307 e. The minimum atomic E-state index is -0.632. The van der Waals surface area contributed by atoms with E-state index in [1.54, 1.807) is 0 Å². The molecule has 1 aliphatic carbocycles. The largest absolute Gasteiger partial charge is 0.481 e. The summed E-state index contributed by atoms with van der Waals surface area (Å²) in [5, 5.41) is 9.21. The van der Waals surface area contributed by atoms with Gasteiger partial charge >= 0.3 is 5.97 Å². The lowest BCUT2D eigenvalue weighted by atomic mass is 9.95. The Morgan fingerprint density at radius 3 is 3.00 bits per heavy atom. The van der Waals surface area contributed by atoms with E-state index in [1.807, 2.05) is 0 Å². The molecular weight excluding hydrogens is 238 g/mol. The molecule has 0 amide bonds. The first kappa shape index (κ1) is 12.7. The van der Waals surface area contributed by atoms with E-state index < -0.39 is 5.97 Å². The Morgan fingerprint density at radius 1 is 1.37 bits per heavy atom. The third-order valence-corrected chi connectivity index (χ3v) is 4.59. The van der Waals surface area contributed by atoms with Gasteiger partial charge in [-0.2, -0.15) is 0 Å². The van der Waals surface area contributed by atoms with Crippen LogP contribution in [0.3, 0.4) is 0 Å². The highest BCUT2D eigenvalue weighted by atomic mass is 16.4. The van der Waals surface area contributed by atoms with Gasteiger partial charge in [-0.3, -0.25) is 9.69 Å². The van der Waals surface area contributed by atoms with Gasteiger partial charge in [0.2, 0.25) is 0 Å². The Labute approximate surface area is 114 Å². The minimum absolute atomic E-state index is 0.178. The second-order valence-corrected chi connectivity index (χ2v) is 5.93. The molecule has 3 rings (SSSR count). The molecular formula is C16H21NO2. The summed E-state index contributed by atoms with van der Waals surface area (Å²) in [4.78, 5) is 13.6. The van der Waals surface area contributed by atoms with E-state index in [9.17, 15) is 9.90 Å². The number of hydrogen-bond donors (Lipinski definition) is 1. The molecule has 3 heteroatoms. The lowest BCUT2D eigenvalue weighted by Gasteiger charge is -2.35.